The molecule has 4 amide bonds. The third kappa shape index (κ3) is 4.19. The van der Waals surface area contributed by atoms with Crippen LogP contribution in [-0.4, -0.2) is 41.9 Å². The lowest BCUT2D eigenvalue weighted by Crippen LogP contribution is -2.45. The molecule has 35 heavy (non-hydrogen) atoms. The number of carbonyl (C=O) groups excluding carboxylic acids is 3. The number of hydrogen-bond acceptors (Lipinski definition) is 5. The van der Waals surface area contributed by atoms with E-state index in [1.165, 1.54) is 7.11 Å². The average Bonchev–Trinajstić information content (AvgIpc) is 3.32. The summed E-state index contributed by atoms with van der Waals surface area (Å²) >= 11 is 0. The number of methoxy groups -OCH3 is 1. The molecular formula is C27H25N3O5. The van der Waals surface area contributed by atoms with E-state index in [2.05, 4.69) is 10.6 Å². The molecule has 8 heteroatoms. The first-order valence-electron chi connectivity index (χ1n) is 11.3. The number of benzene rings is 3. The van der Waals surface area contributed by atoms with Gasteiger partial charge in [-0.1, -0.05) is 48.5 Å². The number of aryl methyl sites for hydroxylation is 1. The zero-order chi connectivity index (χ0) is 24.6. The normalized spacial score (nSPS) is 17.7. The van der Waals surface area contributed by atoms with Gasteiger partial charge in [-0.15, -0.1) is 0 Å². The molecule has 178 valence electrons. The summed E-state index contributed by atoms with van der Waals surface area (Å²) in [5, 5.41) is 7.30. The van der Waals surface area contributed by atoms with Crippen molar-refractivity contribution in [3.8, 4) is 5.75 Å². The smallest absolute Gasteiger partial charge is 0.325 e. The topological polar surface area (TPSA) is 101 Å². The third-order valence-corrected chi connectivity index (χ3v) is 6.38. The van der Waals surface area contributed by atoms with E-state index in [1.54, 1.807) is 19.1 Å². The van der Waals surface area contributed by atoms with Crippen molar-refractivity contribution in [3.63, 3.8) is 0 Å². The Kier molecular flexibility index (Phi) is 5.64. The Morgan fingerprint density at radius 1 is 1.03 bits per heavy atom. The summed E-state index contributed by atoms with van der Waals surface area (Å²) in [5.41, 5.74) is 1.70. The highest BCUT2D eigenvalue weighted by Gasteiger charge is 2.47. The largest absolute Gasteiger partial charge is 0.495 e. The van der Waals surface area contributed by atoms with E-state index in [-0.39, 0.29) is 0 Å². The maximum Gasteiger partial charge on any atom is 0.325 e. The van der Waals surface area contributed by atoms with Gasteiger partial charge in [-0.05, 0) is 37.5 Å². The molecule has 4 aromatic rings. The minimum atomic E-state index is -1.07. The van der Waals surface area contributed by atoms with Crippen molar-refractivity contribution in [1.29, 1.82) is 0 Å². The Balaban J connectivity index is 1.31. The lowest BCUT2D eigenvalue weighted by molar-refractivity contribution is -0.133. The summed E-state index contributed by atoms with van der Waals surface area (Å²) in [6.07, 6.45) is 1.05. The van der Waals surface area contributed by atoms with Crippen LogP contribution >= 0.6 is 0 Å². The summed E-state index contributed by atoms with van der Waals surface area (Å²) in [6.45, 7) is 1.28. The number of hydrogen-bond donors (Lipinski definition) is 2. The minimum absolute atomic E-state index is 0.392. The van der Waals surface area contributed by atoms with Gasteiger partial charge in [-0.2, -0.15) is 0 Å². The van der Waals surface area contributed by atoms with E-state index in [0.717, 1.165) is 26.8 Å². The zero-order valence-corrected chi connectivity index (χ0v) is 19.5. The monoisotopic (exact) mass is 471 g/mol. The number of imide groups is 1. The number of furan rings is 1. The van der Waals surface area contributed by atoms with Crippen LogP contribution in [0.2, 0.25) is 0 Å². The van der Waals surface area contributed by atoms with Gasteiger partial charge in [0.2, 0.25) is 5.91 Å². The zero-order valence-electron chi connectivity index (χ0n) is 19.5. The number of nitrogens with zero attached hydrogens (tertiary/aromatic N) is 1. The molecule has 1 aliphatic rings. The van der Waals surface area contributed by atoms with Gasteiger partial charge in [0.1, 0.15) is 29.0 Å². The molecule has 2 heterocycles. The fourth-order valence-electron chi connectivity index (χ4n) is 4.45. The molecule has 1 atom stereocenters. The lowest BCUT2D eigenvalue weighted by Gasteiger charge is -2.21. The molecule has 0 radical (unpaired) electrons. The molecule has 3 aromatic carbocycles. The predicted octanol–water partition coefficient (Wildman–Crippen LogP) is 4.48. The first kappa shape index (κ1) is 22.5. The highest BCUT2D eigenvalue weighted by Crippen LogP contribution is 2.36. The van der Waals surface area contributed by atoms with E-state index in [1.807, 2.05) is 54.6 Å². The molecule has 8 nitrogen and oxygen atoms in total. The average molecular weight is 472 g/mol. The van der Waals surface area contributed by atoms with Gasteiger partial charge in [-0.3, -0.25) is 14.5 Å². The predicted molar refractivity (Wildman–Crippen MR) is 132 cm³/mol. The number of para-hydroxylation sites is 1. The number of fused-ring (bicyclic) bond motifs is 3. The number of carbonyl (C=O) groups is 3. The molecule has 1 saturated heterocycles. The highest BCUT2D eigenvalue weighted by atomic mass is 16.5. The van der Waals surface area contributed by atoms with E-state index >= 15 is 0 Å². The molecule has 1 aliphatic heterocycles. The van der Waals surface area contributed by atoms with Gasteiger partial charge in [0.05, 0.1) is 12.8 Å². The molecule has 0 aliphatic carbocycles. The van der Waals surface area contributed by atoms with E-state index in [9.17, 15) is 14.4 Å². The Morgan fingerprint density at radius 3 is 2.54 bits per heavy atom. The van der Waals surface area contributed by atoms with Gasteiger partial charge in [0, 0.05) is 16.8 Å². The van der Waals surface area contributed by atoms with Crippen LogP contribution in [0.4, 0.5) is 10.5 Å². The summed E-state index contributed by atoms with van der Waals surface area (Å²) in [4.78, 5) is 39.4. The van der Waals surface area contributed by atoms with Crippen molar-refractivity contribution < 1.29 is 23.5 Å². The van der Waals surface area contributed by atoms with Gasteiger partial charge in [0.25, 0.3) is 5.91 Å². The van der Waals surface area contributed by atoms with Crippen molar-refractivity contribution in [3.05, 3.63) is 72.3 Å². The summed E-state index contributed by atoms with van der Waals surface area (Å²) in [6, 6.07) is 20.3. The second-order valence-electron chi connectivity index (χ2n) is 8.83. The quantitative estimate of drug-likeness (QED) is 0.387. The van der Waals surface area contributed by atoms with Crippen LogP contribution in [0.1, 0.15) is 18.9 Å². The Morgan fingerprint density at radius 2 is 1.77 bits per heavy atom. The first-order valence-corrected chi connectivity index (χ1v) is 11.3. The Hall–Kier alpha value is -4.33. The van der Waals surface area contributed by atoms with Crippen LogP contribution in [-0.2, 0) is 16.0 Å². The number of urea groups is 1. The standard InChI is InChI=1S/C27H25N3O5/c1-27(13-12-17-8-4-3-5-9-17)25(32)30(26(33)29-27)16-24(31)28-20-15-22-19(14-23(20)34-2)18-10-6-7-11-21(18)35-22/h3-11,14-15H,12-13,16H2,1-2H3,(H,28,31)(H,29,33). The fraction of sp³-hybridized carbons (Fsp3) is 0.222. The summed E-state index contributed by atoms with van der Waals surface area (Å²) < 4.78 is 11.4. The highest BCUT2D eigenvalue weighted by molar-refractivity contribution is 6.11. The molecule has 1 fully saturated rings. The van der Waals surface area contributed by atoms with Gasteiger partial charge >= 0.3 is 6.03 Å². The van der Waals surface area contributed by atoms with Gasteiger partial charge < -0.3 is 19.8 Å². The molecule has 5 rings (SSSR count). The Labute approximate surface area is 201 Å². The van der Waals surface area contributed by atoms with Crippen molar-refractivity contribution >= 4 is 45.5 Å². The molecule has 0 bridgehead atoms. The lowest BCUT2D eigenvalue weighted by atomic mass is 9.93. The molecular weight excluding hydrogens is 446 g/mol. The molecule has 1 unspecified atom stereocenters. The van der Waals surface area contributed by atoms with Crippen molar-refractivity contribution in [1.82, 2.24) is 10.2 Å². The number of amides is 4. The molecule has 0 spiro atoms. The van der Waals surface area contributed by atoms with E-state index < -0.39 is 29.9 Å². The van der Waals surface area contributed by atoms with Gasteiger partial charge in [0.15, 0.2) is 0 Å². The molecule has 2 N–H and O–H groups in total. The van der Waals surface area contributed by atoms with Crippen LogP contribution in [0.5, 0.6) is 5.75 Å². The summed E-state index contributed by atoms with van der Waals surface area (Å²) in [5.74, 6) is -0.495. The van der Waals surface area contributed by atoms with Crippen molar-refractivity contribution in [2.24, 2.45) is 0 Å². The molecule has 1 aromatic heterocycles. The SMILES string of the molecule is COc1cc2c(cc1NC(=O)CN1C(=O)NC(C)(CCc3ccccc3)C1=O)oc1ccccc12. The van der Waals surface area contributed by atoms with Crippen LogP contribution in [0.15, 0.2) is 71.1 Å². The van der Waals surface area contributed by atoms with E-state index in [4.69, 9.17) is 9.15 Å². The third-order valence-electron chi connectivity index (χ3n) is 6.38. The number of rotatable bonds is 7. The second kappa shape index (κ2) is 8.79. The minimum Gasteiger partial charge on any atom is -0.495 e. The van der Waals surface area contributed by atoms with Crippen LogP contribution < -0.4 is 15.4 Å². The van der Waals surface area contributed by atoms with Gasteiger partial charge in [-0.25, -0.2) is 4.79 Å². The van der Waals surface area contributed by atoms with Crippen LogP contribution in [0.25, 0.3) is 21.9 Å². The van der Waals surface area contributed by atoms with Crippen LogP contribution in [0.3, 0.4) is 0 Å². The fourth-order valence-corrected chi connectivity index (χ4v) is 4.45. The number of anilines is 1. The second-order valence-corrected chi connectivity index (χ2v) is 8.83. The maximum atomic E-state index is 13.1. The number of nitrogens with one attached hydrogen (secondary N) is 2. The van der Waals surface area contributed by atoms with E-state index in [0.29, 0.717) is 29.9 Å². The maximum absolute atomic E-state index is 13.1. The first-order chi connectivity index (χ1) is 16.9. The van der Waals surface area contributed by atoms with Crippen molar-refractivity contribution in [2.45, 2.75) is 25.3 Å². The Bertz CT molecular complexity index is 1450. The number of ether oxygens (including phenoxy) is 1. The van der Waals surface area contributed by atoms with Crippen molar-refractivity contribution in [2.75, 3.05) is 19.0 Å². The summed E-state index contributed by atoms with van der Waals surface area (Å²) in [7, 11) is 1.51. The molecule has 0 saturated carbocycles. The van der Waals surface area contributed by atoms with Crippen LogP contribution in [0, 0.1) is 0 Å².